The molecule has 4 N–H and O–H groups in total. The van der Waals surface area contributed by atoms with Crippen LogP contribution in [0.25, 0.3) is 0 Å². The first-order valence-corrected chi connectivity index (χ1v) is 5.69. The second-order valence-electron chi connectivity index (χ2n) is 3.66. The van der Waals surface area contributed by atoms with Crippen LogP contribution in [-0.2, 0) is 6.54 Å². The Balaban J connectivity index is 2.46. The molecule has 0 saturated heterocycles. The molecule has 1 aromatic carbocycles. The molecule has 0 aliphatic carbocycles. The van der Waals surface area contributed by atoms with Crippen LogP contribution in [-0.4, -0.2) is 33.1 Å². The zero-order valence-corrected chi connectivity index (χ0v) is 10.3. The molecule has 0 unspecified atom stereocenters. The highest BCUT2D eigenvalue weighted by molar-refractivity contribution is 5.94. The number of amides is 1. The topological polar surface area (TPSA) is 65.2 Å². The molecule has 0 heterocycles. The van der Waals surface area contributed by atoms with E-state index in [1.807, 2.05) is 38.4 Å². The van der Waals surface area contributed by atoms with E-state index in [1.165, 1.54) is 0 Å². The molecule has 0 aliphatic heterocycles. The molecule has 5 nitrogen and oxygen atoms in total. The zero-order chi connectivity index (χ0) is 12.5. The highest BCUT2D eigenvalue weighted by Gasteiger charge is 2.03. The molecule has 94 valence electrons. The summed E-state index contributed by atoms with van der Waals surface area (Å²) < 4.78 is 0. The Hall–Kier alpha value is -1.43. The van der Waals surface area contributed by atoms with Crippen molar-refractivity contribution in [3.63, 3.8) is 0 Å². The van der Waals surface area contributed by atoms with Crippen LogP contribution in [0.2, 0.25) is 0 Å². The molecular weight excluding hydrogens is 216 g/mol. The average molecular weight is 236 g/mol. The van der Waals surface area contributed by atoms with Gasteiger partial charge in [-0.05, 0) is 31.8 Å². The second kappa shape index (κ2) is 7.78. The number of hydrogen-bond donors (Lipinski definition) is 4. The molecule has 5 heteroatoms. The lowest BCUT2D eigenvalue weighted by molar-refractivity contribution is 0.0954. The molecule has 0 atom stereocenters. The third-order valence-electron chi connectivity index (χ3n) is 2.35. The SMILES string of the molecule is CNCCNC(=O)c1ccc(CNNC)cc1. The van der Waals surface area contributed by atoms with Gasteiger partial charge in [0.05, 0.1) is 0 Å². The molecule has 0 saturated carbocycles. The number of rotatable bonds is 7. The lowest BCUT2D eigenvalue weighted by Crippen LogP contribution is -2.30. The van der Waals surface area contributed by atoms with Gasteiger partial charge in [-0.2, -0.15) is 0 Å². The van der Waals surface area contributed by atoms with Gasteiger partial charge in [-0.15, -0.1) is 0 Å². The summed E-state index contributed by atoms with van der Waals surface area (Å²) in [6.07, 6.45) is 0. The van der Waals surface area contributed by atoms with E-state index >= 15 is 0 Å². The van der Waals surface area contributed by atoms with E-state index in [-0.39, 0.29) is 5.91 Å². The maximum Gasteiger partial charge on any atom is 0.251 e. The molecule has 0 fully saturated rings. The van der Waals surface area contributed by atoms with Crippen LogP contribution in [0.4, 0.5) is 0 Å². The maximum absolute atomic E-state index is 11.7. The predicted octanol–water partition coefficient (Wildman–Crippen LogP) is -0.140. The summed E-state index contributed by atoms with van der Waals surface area (Å²) in [6.45, 7) is 2.15. The Kier molecular flexibility index (Phi) is 6.24. The summed E-state index contributed by atoms with van der Waals surface area (Å²) in [5.74, 6) is -0.0339. The Labute approximate surface area is 102 Å². The summed E-state index contributed by atoms with van der Waals surface area (Å²) in [7, 11) is 3.68. The van der Waals surface area contributed by atoms with E-state index in [4.69, 9.17) is 0 Å². The minimum atomic E-state index is -0.0339. The third-order valence-corrected chi connectivity index (χ3v) is 2.35. The van der Waals surface area contributed by atoms with Gasteiger partial charge in [0, 0.05) is 25.2 Å². The van der Waals surface area contributed by atoms with Crippen molar-refractivity contribution in [1.82, 2.24) is 21.5 Å². The number of hydrogen-bond acceptors (Lipinski definition) is 4. The van der Waals surface area contributed by atoms with E-state index < -0.39 is 0 Å². The van der Waals surface area contributed by atoms with Crippen molar-refractivity contribution in [3.8, 4) is 0 Å². The van der Waals surface area contributed by atoms with Crippen molar-refractivity contribution in [2.24, 2.45) is 0 Å². The van der Waals surface area contributed by atoms with E-state index in [1.54, 1.807) is 0 Å². The largest absolute Gasteiger partial charge is 0.351 e. The summed E-state index contributed by atoms with van der Waals surface area (Å²) in [6, 6.07) is 7.55. The number of carbonyl (C=O) groups is 1. The standard InChI is InChI=1S/C12H20N4O/c1-13-7-8-15-12(17)11-5-3-10(4-6-11)9-16-14-2/h3-6,13-14,16H,7-9H2,1-2H3,(H,15,17). The van der Waals surface area contributed by atoms with Crippen LogP contribution >= 0.6 is 0 Å². The first-order chi connectivity index (χ1) is 8.27. The molecule has 0 aromatic heterocycles. The molecule has 1 amide bonds. The fourth-order valence-corrected chi connectivity index (χ4v) is 1.37. The highest BCUT2D eigenvalue weighted by Crippen LogP contribution is 2.03. The summed E-state index contributed by atoms with van der Waals surface area (Å²) in [5, 5.41) is 5.81. The van der Waals surface area contributed by atoms with Crippen LogP contribution in [0.15, 0.2) is 24.3 Å². The van der Waals surface area contributed by atoms with Crippen LogP contribution < -0.4 is 21.5 Å². The molecule has 1 aromatic rings. The van der Waals surface area contributed by atoms with Crippen LogP contribution in [0.5, 0.6) is 0 Å². The predicted molar refractivity (Wildman–Crippen MR) is 68.6 cm³/mol. The fraction of sp³-hybridized carbons (Fsp3) is 0.417. The lowest BCUT2D eigenvalue weighted by Gasteiger charge is -2.06. The second-order valence-corrected chi connectivity index (χ2v) is 3.66. The van der Waals surface area contributed by atoms with Gasteiger partial charge in [0.25, 0.3) is 5.91 Å². The van der Waals surface area contributed by atoms with Crippen molar-refractivity contribution in [1.29, 1.82) is 0 Å². The number of hydrazine groups is 1. The monoisotopic (exact) mass is 236 g/mol. The molecule has 17 heavy (non-hydrogen) atoms. The fourth-order valence-electron chi connectivity index (χ4n) is 1.37. The van der Waals surface area contributed by atoms with Gasteiger partial charge in [0.15, 0.2) is 0 Å². The number of carbonyl (C=O) groups excluding carboxylic acids is 1. The number of likely N-dealkylation sites (N-methyl/N-ethyl adjacent to an activating group) is 1. The molecule has 0 spiro atoms. The number of nitrogens with one attached hydrogen (secondary N) is 4. The molecule has 0 bridgehead atoms. The Bertz CT molecular complexity index is 337. The third kappa shape index (κ3) is 4.95. The van der Waals surface area contributed by atoms with E-state index in [0.717, 1.165) is 18.7 Å². The molecule has 0 radical (unpaired) electrons. The molecule has 1 rings (SSSR count). The Morgan fingerprint density at radius 3 is 2.41 bits per heavy atom. The maximum atomic E-state index is 11.7. The van der Waals surface area contributed by atoms with Crippen molar-refractivity contribution < 1.29 is 4.79 Å². The van der Waals surface area contributed by atoms with Crippen molar-refractivity contribution in [2.75, 3.05) is 27.2 Å². The number of benzene rings is 1. The van der Waals surface area contributed by atoms with Gasteiger partial charge in [-0.25, -0.2) is 0 Å². The van der Waals surface area contributed by atoms with Gasteiger partial charge in [0.1, 0.15) is 0 Å². The van der Waals surface area contributed by atoms with Gasteiger partial charge < -0.3 is 10.6 Å². The zero-order valence-electron chi connectivity index (χ0n) is 10.3. The molecule has 0 aliphatic rings. The van der Waals surface area contributed by atoms with Crippen molar-refractivity contribution in [2.45, 2.75) is 6.54 Å². The van der Waals surface area contributed by atoms with Crippen LogP contribution in [0, 0.1) is 0 Å². The van der Waals surface area contributed by atoms with Crippen molar-refractivity contribution in [3.05, 3.63) is 35.4 Å². The van der Waals surface area contributed by atoms with Gasteiger partial charge in [0.2, 0.25) is 0 Å². The Morgan fingerprint density at radius 2 is 1.82 bits per heavy atom. The van der Waals surface area contributed by atoms with E-state index in [2.05, 4.69) is 21.5 Å². The quantitative estimate of drug-likeness (QED) is 0.393. The van der Waals surface area contributed by atoms with Crippen LogP contribution in [0.1, 0.15) is 15.9 Å². The lowest BCUT2D eigenvalue weighted by atomic mass is 10.1. The van der Waals surface area contributed by atoms with Gasteiger partial charge in [-0.3, -0.25) is 15.6 Å². The van der Waals surface area contributed by atoms with Gasteiger partial charge >= 0.3 is 0 Å². The summed E-state index contributed by atoms with van der Waals surface area (Å²) in [5.41, 5.74) is 7.67. The summed E-state index contributed by atoms with van der Waals surface area (Å²) >= 11 is 0. The first-order valence-electron chi connectivity index (χ1n) is 5.69. The van der Waals surface area contributed by atoms with E-state index in [9.17, 15) is 4.79 Å². The normalized spacial score (nSPS) is 10.2. The first kappa shape index (κ1) is 13.6. The Morgan fingerprint density at radius 1 is 1.12 bits per heavy atom. The van der Waals surface area contributed by atoms with Gasteiger partial charge in [-0.1, -0.05) is 12.1 Å². The van der Waals surface area contributed by atoms with Crippen LogP contribution in [0.3, 0.4) is 0 Å². The minimum absolute atomic E-state index is 0.0339. The van der Waals surface area contributed by atoms with Crippen molar-refractivity contribution >= 4 is 5.91 Å². The summed E-state index contributed by atoms with van der Waals surface area (Å²) in [4.78, 5) is 11.7. The highest BCUT2D eigenvalue weighted by atomic mass is 16.1. The molecular formula is C12H20N4O. The smallest absolute Gasteiger partial charge is 0.251 e. The van der Waals surface area contributed by atoms with E-state index in [0.29, 0.717) is 12.1 Å². The minimum Gasteiger partial charge on any atom is -0.351 e. The average Bonchev–Trinajstić information content (AvgIpc) is 2.37.